The van der Waals surface area contributed by atoms with Crippen molar-refractivity contribution in [3.63, 3.8) is 0 Å². The van der Waals surface area contributed by atoms with Gasteiger partial charge in [-0.2, -0.15) is 13.2 Å². The van der Waals surface area contributed by atoms with Crippen LogP contribution in [-0.4, -0.2) is 16.4 Å². The Morgan fingerprint density at radius 1 is 1.13 bits per heavy atom. The van der Waals surface area contributed by atoms with E-state index < -0.39 is 18.4 Å². The molecule has 0 heterocycles. The minimum Gasteiger partial charge on any atom is -0.389 e. The van der Waals surface area contributed by atoms with Gasteiger partial charge in [0.25, 0.3) is 0 Å². The van der Waals surface area contributed by atoms with Crippen LogP contribution >= 0.6 is 0 Å². The smallest absolute Gasteiger partial charge is 0.389 e. The normalized spacial score (nSPS) is 16.1. The molecule has 0 saturated heterocycles. The van der Waals surface area contributed by atoms with Crippen LogP contribution < -0.4 is 0 Å². The maximum Gasteiger partial charge on any atom is 0.418 e. The van der Waals surface area contributed by atoms with Crippen LogP contribution in [0.4, 0.5) is 13.2 Å². The highest BCUT2D eigenvalue weighted by atomic mass is 19.4. The van der Waals surface area contributed by atoms with E-state index in [1.165, 1.54) is 25.1 Å². The van der Waals surface area contributed by atoms with Crippen molar-refractivity contribution >= 4 is 0 Å². The second-order valence-electron chi connectivity index (χ2n) is 3.29. The van der Waals surface area contributed by atoms with Crippen LogP contribution in [0.25, 0.3) is 0 Å². The van der Waals surface area contributed by atoms with Crippen molar-refractivity contribution in [2.75, 3.05) is 0 Å². The first-order chi connectivity index (χ1) is 6.82. The van der Waals surface area contributed by atoms with Crippen molar-refractivity contribution in [2.45, 2.75) is 25.3 Å². The number of hydrogen-bond donors (Lipinski definition) is 2. The predicted octanol–water partition coefficient (Wildman–Crippen LogP) is 2.34. The highest BCUT2D eigenvalue weighted by Gasteiger charge is 2.39. The van der Waals surface area contributed by atoms with Gasteiger partial charge in [0.15, 0.2) is 6.10 Å². The lowest BCUT2D eigenvalue weighted by atomic mass is 10.0. The number of alkyl halides is 3. The molecule has 1 aromatic carbocycles. The van der Waals surface area contributed by atoms with E-state index >= 15 is 0 Å². The monoisotopic (exact) mass is 220 g/mol. The Balaban J connectivity index is 3.00. The summed E-state index contributed by atoms with van der Waals surface area (Å²) >= 11 is 0. The van der Waals surface area contributed by atoms with E-state index in [2.05, 4.69) is 0 Å². The zero-order chi connectivity index (χ0) is 11.6. The van der Waals surface area contributed by atoms with Crippen LogP contribution in [0.5, 0.6) is 0 Å². The average Bonchev–Trinajstić information content (AvgIpc) is 2.15. The van der Waals surface area contributed by atoms with Gasteiger partial charge in [0.05, 0.1) is 6.10 Å². The van der Waals surface area contributed by atoms with Crippen molar-refractivity contribution in [1.82, 2.24) is 0 Å². The van der Waals surface area contributed by atoms with Crippen LogP contribution in [0.15, 0.2) is 24.3 Å². The van der Waals surface area contributed by atoms with E-state index in [0.717, 1.165) is 6.07 Å². The molecule has 2 N–H and O–H groups in total. The van der Waals surface area contributed by atoms with Crippen molar-refractivity contribution < 1.29 is 23.4 Å². The zero-order valence-electron chi connectivity index (χ0n) is 7.99. The molecule has 0 saturated carbocycles. The molecule has 0 amide bonds. The third-order valence-electron chi connectivity index (χ3n) is 2.02. The van der Waals surface area contributed by atoms with Crippen LogP contribution in [0, 0.1) is 0 Å². The van der Waals surface area contributed by atoms with E-state index in [1.54, 1.807) is 0 Å². The Bertz CT molecular complexity index is 334. The summed E-state index contributed by atoms with van der Waals surface area (Å²) in [5.41, 5.74) is 0.0803. The average molecular weight is 220 g/mol. The molecule has 0 aliphatic heterocycles. The molecule has 2 unspecified atom stereocenters. The molecule has 0 spiro atoms. The fraction of sp³-hybridized carbons (Fsp3) is 0.400. The summed E-state index contributed by atoms with van der Waals surface area (Å²) in [7, 11) is 0. The molecule has 1 aromatic rings. The lowest BCUT2D eigenvalue weighted by molar-refractivity contribution is -0.206. The minimum atomic E-state index is -4.68. The largest absolute Gasteiger partial charge is 0.418 e. The molecule has 84 valence electrons. The van der Waals surface area contributed by atoms with Gasteiger partial charge in [0.2, 0.25) is 0 Å². The summed E-state index contributed by atoms with van der Waals surface area (Å²) in [5, 5.41) is 18.1. The van der Waals surface area contributed by atoms with Gasteiger partial charge in [0.1, 0.15) is 0 Å². The molecule has 2 nitrogen and oxygen atoms in total. The third-order valence-corrected chi connectivity index (χ3v) is 2.02. The maximum atomic E-state index is 12.2. The van der Waals surface area contributed by atoms with Gasteiger partial charge in [-0.3, -0.25) is 0 Å². The summed E-state index contributed by atoms with van der Waals surface area (Å²) in [6.07, 6.45) is -8.04. The quantitative estimate of drug-likeness (QED) is 0.803. The highest BCUT2D eigenvalue weighted by molar-refractivity contribution is 5.27. The first-order valence-corrected chi connectivity index (χ1v) is 4.35. The second kappa shape index (κ2) is 4.20. The Labute approximate surface area is 85.0 Å². The molecule has 0 aromatic heterocycles. The lowest BCUT2D eigenvalue weighted by Gasteiger charge is -2.16. The number of aliphatic hydroxyl groups excluding tert-OH is 2. The number of aliphatic hydroxyl groups is 2. The van der Waals surface area contributed by atoms with E-state index in [-0.39, 0.29) is 5.56 Å². The molecule has 0 aliphatic rings. The standard InChI is InChI=1S/C10H11F3O2/c1-6(14)7-3-2-4-8(5-7)9(15)10(11,12)13/h2-6,9,14-15H,1H3. The van der Waals surface area contributed by atoms with Gasteiger partial charge < -0.3 is 10.2 Å². The molecule has 0 aliphatic carbocycles. The Hall–Kier alpha value is -1.07. The molecule has 5 heteroatoms. The van der Waals surface area contributed by atoms with Crippen LogP contribution in [0.2, 0.25) is 0 Å². The van der Waals surface area contributed by atoms with E-state index in [0.29, 0.717) is 5.56 Å². The SMILES string of the molecule is CC(O)c1cccc(C(O)C(F)(F)F)c1. The van der Waals surface area contributed by atoms with Crippen LogP contribution in [0.1, 0.15) is 30.3 Å². The fourth-order valence-corrected chi connectivity index (χ4v) is 1.18. The molecule has 15 heavy (non-hydrogen) atoms. The predicted molar refractivity (Wildman–Crippen MR) is 48.1 cm³/mol. The van der Waals surface area contributed by atoms with Crippen LogP contribution in [-0.2, 0) is 0 Å². The molecule has 0 fully saturated rings. The minimum absolute atomic E-state index is 0.263. The molecule has 1 rings (SSSR count). The van der Waals surface area contributed by atoms with Crippen molar-refractivity contribution in [3.05, 3.63) is 35.4 Å². The number of hydrogen-bond acceptors (Lipinski definition) is 2. The molecule has 0 bridgehead atoms. The van der Waals surface area contributed by atoms with Crippen molar-refractivity contribution in [3.8, 4) is 0 Å². The molecule has 2 atom stereocenters. The fourth-order valence-electron chi connectivity index (χ4n) is 1.18. The number of rotatable bonds is 2. The van der Waals surface area contributed by atoms with Crippen molar-refractivity contribution in [1.29, 1.82) is 0 Å². The lowest BCUT2D eigenvalue weighted by Crippen LogP contribution is -2.20. The maximum absolute atomic E-state index is 12.2. The second-order valence-corrected chi connectivity index (χ2v) is 3.29. The first kappa shape index (κ1) is 12.0. The molecular weight excluding hydrogens is 209 g/mol. The molecular formula is C10H11F3O2. The summed E-state index contributed by atoms with van der Waals surface area (Å²) in [6, 6.07) is 5.18. The summed E-state index contributed by atoms with van der Waals surface area (Å²) in [4.78, 5) is 0. The zero-order valence-corrected chi connectivity index (χ0v) is 7.99. The number of halogens is 3. The first-order valence-electron chi connectivity index (χ1n) is 4.35. The summed E-state index contributed by atoms with van der Waals surface area (Å²) in [6.45, 7) is 1.44. The third kappa shape index (κ3) is 2.94. The van der Waals surface area contributed by atoms with E-state index in [9.17, 15) is 13.2 Å². The van der Waals surface area contributed by atoms with E-state index in [4.69, 9.17) is 10.2 Å². The highest BCUT2D eigenvalue weighted by Crippen LogP contribution is 2.33. The Morgan fingerprint density at radius 2 is 1.67 bits per heavy atom. The van der Waals surface area contributed by atoms with Gasteiger partial charge in [-0.25, -0.2) is 0 Å². The van der Waals surface area contributed by atoms with Gasteiger partial charge in [-0.15, -0.1) is 0 Å². The van der Waals surface area contributed by atoms with Crippen molar-refractivity contribution in [2.24, 2.45) is 0 Å². The van der Waals surface area contributed by atoms with Gasteiger partial charge in [-0.05, 0) is 18.1 Å². The molecule has 0 radical (unpaired) electrons. The Morgan fingerprint density at radius 3 is 2.13 bits per heavy atom. The van der Waals surface area contributed by atoms with Gasteiger partial charge in [0, 0.05) is 0 Å². The van der Waals surface area contributed by atoms with Gasteiger partial charge >= 0.3 is 6.18 Å². The topological polar surface area (TPSA) is 40.5 Å². The van der Waals surface area contributed by atoms with Crippen LogP contribution in [0.3, 0.4) is 0 Å². The van der Waals surface area contributed by atoms with Gasteiger partial charge in [-0.1, -0.05) is 24.3 Å². The Kier molecular flexibility index (Phi) is 3.36. The summed E-state index contributed by atoms with van der Waals surface area (Å²) in [5.74, 6) is 0. The van der Waals surface area contributed by atoms with E-state index in [1.807, 2.05) is 0 Å². The number of benzene rings is 1. The summed E-state index contributed by atoms with van der Waals surface area (Å²) < 4.78 is 36.5.